The number of fused-ring (bicyclic) bond motifs is 1. The minimum atomic E-state index is 0.0854. The summed E-state index contributed by atoms with van der Waals surface area (Å²) < 4.78 is 5.79. The zero-order chi connectivity index (χ0) is 14.8. The number of benzene rings is 2. The molecule has 0 atom stereocenters. The molecule has 0 amide bonds. The van der Waals surface area contributed by atoms with Crippen LogP contribution in [0, 0.1) is 6.92 Å². The van der Waals surface area contributed by atoms with Gasteiger partial charge in [0, 0.05) is 22.2 Å². The van der Waals surface area contributed by atoms with E-state index in [1.807, 2.05) is 56.3 Å². The number of aromatic amines is 1. The van der Waals surface area contributed by atoms with Gasteiger partial charge in [-0.3, -0.25) is 4.79 Å². The van der Waals surface area contributed by atoms with Crippen LogP contribution < -0.4 is 10.2 Å². The van der Waals surface area contributed by atoms with Crippen molar-refractivity contribution in [3.8, 4) is 11.5 Å². The third kappa shape index (κ3) is 2.55. The minimum absolute atomic E-state index is 0.0854. The molecule has 0 aliphatic heterocycles. The van der Waals surface area contributed by atoms with E-state index in [1.54, 1.807) is 6.07 Å². The monoisotopic (exact) mass is 279 g/mol. The molecule has 0 bridgehead atoms. The standard InChI is InChI=1S/C18H17NO2/c1-3-15-12(2)19-17-10-9-14(11-16(17)18(15)20)21-13-7-5-4-6-8-13/h4-11H,3H2,1-2H3,(H,19,20). The summed E-state index contributed by atoms with van der Waals surface area (Å²) in [6.07, 6.45) is 0.723. The van der Waals surface area contributed by atoms with Gasteiger partial charge in [0.1, 0.15) is 11.5 Å². The Morgan fingerprint density at radius 1 is 1.05 bits per heavy atom. The van der Waals surface area contributed by atoms with Crippen molar-refractivity contribution >= 4 is 10.9 Å². The zero-order valence-corrected chi connectivity index (χ0v) is 12.1. The third-order valence-corrected chi connectivity index (χ3v) is 3.62. The van der Waals surface area contributed by atoms with Crippen LogP contribution in [0.2, 0.25) is 0 Å². The molecule has 21 heavy (non-hydrogen) atoms. The van der Waals surface area contributed by atoms with Crippen molar-refractivity contribution in [1.29, 1.82) is 0 Å². The molecular weight excluding hydrogens is 262 g/mol. The normalized spacial score (nSPS) is 10.8. The van der Waals surface area contributed by atoms with E-state index in [0.717, 1.165) is 28.9 Å². The highest BCUT2D eigenvalue weighted by Crippen LogP contribution is 2.24. The average Bonchev–Trinajstić information content (AvgIpc) is 2.49. The summed E-state index contributed by atoms with van der Waals surface area (Å²) in [7, 11) is 0. The van der Waals surface area contributed by atoms with Crippen LogP contribution in [0.1, 0.15) is 18.2 Å². The van der Waals surface area contributed by atoms with Crippen LogP contribution in [-0.4, -0.2) is 4.98 Å². The lowest BCUT2D eigenvalue weighted by Gasteiger charge is -2.09. The summed E-state index contributed by atoms with van der Waals surface area (Å²) in [4.78, 5) is 15.8. The number of H-pyrrole nitrogens is 1. The van der Waals surface area contributed by atoms with Crippen LogP contribution in [0.15, 0.2) is 53.3 Å². The first-order valence-corrected chi connectivity index (χ1v) is 7.07. The fourth-order valence-electron chi connectivity index (χ4n) is 2.54. The van der Waals surface area contributed by atoms with Crippen molar-refractivity contribution in [3.63, 3.8) is 0 Å². The van der Waals surface area contributed by atoms with E-state index in [4.69, 9.17) is 4.74 Å². The van der Waals surface area contributed by atoms with Gasteiger partial charge >= 0.3 is 0 Å². The van der Waals surface area contributed by atoms with Gasteiger partial charge in [0.25, 0.3) is 0 Å². The van der Waals surface area contributed by atoms with Crippen LogP contribution in [0.5, 0.6) is 11.5 Å². The van der Waals surface area contributed by atoms with Gasteiger partial charge in [0.05, 0.1) is 0 Å². The SMILES string of the molecule is CCc1c(C)[nH]c2ccc(Oc3ccccc3)cc2c1=O. The number of nitrogens with one attached hydrogen (secondary N) is 1. The second-order valence-electron chi connectivity index (χ2n) is 5.03. The van der Waals surface area contributed by atoms with Gasteiger partial charge in [0.15, 0.2) is 5.43 Å². The number of aryl methyl sites for hydroxylation is 1. The molecule has 0 saturated carbocycles. The zero-order valence-electron chi connectivity index (χ0n) is 12.1. The number of ether oxygens (including phenoxy) is 1. The maximum Gasteiger partial charge on any atom is 0.192 e. The van der Waals surface area contributed by atoms with Gasteiger partial charge in [-0.2, -0.15) is 0 Å². The quantitative estimate of drug-likeness (QED) is 0.781. The van der Waals surface area contributed by atoms with Crippen molar-refractivity contribution in [1.82, 2.24) is 4.98 Å². The lowest BCUT2D eigenvalue weighted by atomic mass is 10.1. The summed E-state index contributed by atoms with van der Waals surface area (Å²) in [5, 5.41) is 0.672. The highest BCUT2D eigenvalue weighted by molar-refractivity contribution is 5.81. The van der Waals surface area contributed by atoms with Crippen molar-refractivity contribution < 1.29 is 4.74 Å². The smallest absolute Gasteiger partial charge is 0.192 e. The Morgan fingerprint density at radius 3 is 2.52 bits per heavy atom. The molecule has 3 aromatic rings. The number of aromatic nitrogens is 1. The van der Waals surface area contributed by atoms with E-state index >= 15 is 0 Å². The van der Waals surface area contributed by atoms with E-state index in [-0.39, 0.29) is 5.43 Å². The molecular formula is C18H17NO2. The molecule has 1 N–H and O–H groups in total. The predicted octanol–water partition coefficient (Wildman–Crippen LogP) is 4.19. The number of hydrogen-bond acceptors (Lipinski definition) is 2. The van der Waals surface area contributed by atoms with E-state index in [9.17, 15) is 4.79 Å². The second-order valence-corrected chi connectivity index (χ2v) is 5.03. The van der Waals surface area contributed by atoms with E-state index < -0.39 is 0 Å². The minimum Gasteiger partial charge on any atom is -0.457 e. The molecule has 0 fully saturated rings. The highest BCUT2D eigenvalue weighted by atomic mass is 16.5. The Bertz CT molecular complexity index is 835. The molecule has 0 unspecified atom stereocenters. The van der Waals surface area contributed by atoms with Crippen molar-refractivity contribution in [3.05, 3.63) is 70.0 Å². The van der Waals surface area contributed by atoms with Crippen LogP contribution >= 0.6 is 0 Å². The van der Waals surface area contributed by atoms with E-state index in [2.05, 4.69) is 4.98 Å². The van der Waals surface area contributed by atoms with E-state index in [1.165, 1.54) is 0 Å². The maximum absolute atomic E-state index is 12.5. The van der Waals surface area contributed by atoms with Gasteiger partial charge in [-0.25, -0.2) is 0 Å². The Kier molecular flexibility index (Phi) is 3.48. The summed E-state index contributed by atoms with van der Waals surface area (Å²) in [6, 6.07) is 15.1. The molecule has 3 rings (SSSR count). The van der Waals surface area contributed by atoms with Gasteiger partial charge in [-0.05, 0) is 43.7 Å². The Morgan fingerprint density at radius 2 is 1.81 bits per heavy atom. The lowest BCUT2D eigenvalue weighted by molar-refractivity contribution is 0.483. The maximum atomic E-state index is 12.5. The largest absolute Gasteiger partial charge is 0.457 e. The average molecular weight is 279 g/mol. The summed E-state index contributed by atoms with van der Waals surface area (Å²) >= 11 is 0. The molecule has 0 radical (unpaired) electrons. The Balaban J connectivity index is 2.09. The van der Waals surface area contributed by atoms with Crippen LogP contribution in [0.3, 0.4) is 0 Å². The lowest BCUT2D eigenvalue weighted by Crippen LogP contribution is -2.12. The van der Waals surface area contributed by atoms with Gasteiger partial charge in [-0.1, -0.05) is 25.1 Å². The first-order valence-electron chi connectivity index (χ1n) is 7.07. The molecule has 0 aliphatic carbocycles. The van der Waals surface area contributed by atoms with Crippen molar-refractivity contribution in [2.75, 3.05) is 0 Å². The van der Waals surface area contributed by atoms with E-state index in [0.29, 0.717) is 11.1 Å². The highest BCUT2D eigenvalue weighted by Gasteiger charge is 2.09. The first kappa shape index (κ1) is 13.4. The van der Waals surface area contributed by atoms with Crippen molar-refractivity contribution in [2.24, 2.45) is 0 Å². The Hall–Kier alpha value is -2.55. The summed E-state index contributed by atoms with van der Waals surface area (Å²) in [5.41, 5.74) is 2.70. The summed E-state index contributed by atoms with van der Waals surface area (Å²) in [5.74, 6) is 1.43. The second kappa shape index (κ2) is 5.44. The third-order valence-electron chi connectivity index (χ3n) is 3.62. The molecule has 2 aromatic carbocycles. The fraction of sp³-hybridized carbons (Fsp3) is 0.167. The topological polar surface area (TPSA) is 42.1 Å². The predicted molar refractivity (Wildman–Crippen MR) is 85.2 cm³/mol. The van der Waals surface area contributed by atoms with Gasteiger partial charge in [-0.15, -0.1) is 0 Å². The number of rotatable bonds is 3. The molecule has 3 nitrogen and oxygen atoms in total. The molecule has 1 aromatic heterocycles. The Labute approximate surface area is 123 Å². The molecule has 106 valence electrons. The molecule has 1 heterocycles. The molecule has 0 aliphatic rings. The van der Waals surface area contributed by atoms with Gasteiger partial charge < -0.3 is 9.72 Å². The van der Waals surface area contributed by atoms with Crippen molar-refractivity contribution in [2.45, 2.75) is 20.3 Å². The number of hydrogen-bond donors (Lipinski definition) is 1. The van der Waals surface area contributed by atoms with Gasteiger partial charge in [0.2, 0.25) is 0 Å². The number of para-hydroxylation sites is 1. The molecule has 0 saturated heterocycles. The first-order chi connectivity index (χ1) is 10.2. The summed E-state index contributed by atoms with van der Waals surface area (Å²) in [6.45, 7) is 3.93. The molecule has 3 heteroatoms. The van der Waals surface area contributed by atoms with Crippen LogP contribution in [0.25, 0.3) is 10.9 Å². The fourth-order valence-corrected chi connectivity index (χ4v) is 2.54. The molecule has 0 spiro atoms. The van der Waals surface area contributed by atoms with Crippen LogP contribution in [0.4, 0.5) is 0 Å². The number of pyridine rings is 1. The van der Waals surface area contributed by atoms with Crippen LogP contribution in [-0.2, 0) is 6.42 Å².